The van der Waals surface area contributed by atoms with Gasteiger partial charge in [0.15, 0.2) is 0 Å². The average molecular weight is 1370 g/mol. The molecule has 0 aliphatic carbocycles. The largest absolute Gasteiger partial charge is 2.00 e. The molecule has 0 radical (unpaired) electrons. The van der Waals surface area contributed by atoms with Crippen molar-refractivity contribution in [2.45, 2.75) is 529 Å². The molecule has 95 heavy (non-hydrogen) atoms. The number of carbonyl (C=O) groups excluding carboxylic acids is 2. The molecule has 0 heterocycles. The van der Waals surface area contributed by atoms with Crippen molar-refractivity contribution in [3.8, 4) is 0 Å². The van der Waals surface area contributed by atoms with Gasteiger partial charge in [-0.25, -0.2) is 0 Å². The van der Waals surface area contributed by atoms with E-state index >= 15 is 0 Å². The van der Waals surface area contributed by atoms with Crippen LogP contribution < -0.4 is 10.2 Å². The summed E-state index contributed by atoms with van der Waals surface area (Å²) in [5, 5.41) is 23.6. The summed E-state index contributed by atoms with van der Waals surface area (Å²) in [4.78, 5) is 28.1. The first-order valence-corrected chi connectivity index (χ1v) is 44.2. The molecule has 0 aromatic rings. The van der Waals surface area contributed by atoms with E-state index in [2.05, 4.69) is 37.5 Å². The van der Waals surface area contributed by atoms with E-state index in [9.17, 15) is 19.8 Å². The van der Waals surface area contributed by atoms with Gasteiger partial charge in [-0.3, -0.25) is 9.80 Å². The van der Waals surface area contributed by atoms with Crippen LogP contribution in [0.5, 0.6) is 0 Å². The molecule has 2 unspecified atom stereocenters. The molecule has 0 amide bonds. The van der Waals surface area contributed by atoms with Crippen molar-refractivity contribution in [3.05, 3.63) is 0 Å². The first kappa shape index (κ1) is 99.3. The SMILES string of the molecule is CCCCCCCCCCCCCCCCCCCCN(CCCCCCCCCCCCCCCCCCCC)C(CC)C(=O)[O-].CCCCCCCCCCCCCCCCCCCCN(CCCCCCCCCCCCCCCCCCCC)C(CC)C(=O)[O-].[Ca+2]. The fraction of sp³-hybridized carbons (Fsp3) is 0.977. The van der Waals surface area contributed by atoms with Gasteiger partial charge in [-0.05, 0) is 64.7 Å². The summed E-state index contributed by atoms with van der Waals surface area (Å²) in [7, 11) is 0. The van der Waals surface area contributed by atoms with Crippen molar-refractivity contribution >= 4 is 49.7 Å². The fourth-order valence-corrected chi connectivity index (χ4v) is 14.9. The Morgan fingerprint density at radius 3 is 0.368 bits per heavy atom. The number of nitrogens with zero attached hydrogens (tertiary/aromatic N) is 2. The van der Waals surface area contributed by atoms with E-state index in [4.69, 9.17) is 0 Å². The van der Waals surface area contributed by atoms with E-state index in [1.807, 2.05) is 13.8 Å². The Bertz CT molecular complexity index is 1220. The van der Waals surface area contributed by atoms with Crippen LogP contribution in [0, 0.1) is 0 Å². The standard InChI is InChI=1S/2C44H89NO2.Ca/c2*1-4-7-9-11-13-15-17-19-21-23-25-27-29-31-33-35-37-39-41-45(43(6-3)44(46)47)42-40-38-36-34-32-30-28-26-24-22-20-18-16-14-12-10-8-5-2;/h2*43H,4-42H2,1-3H3,(H,46,47);/q;;+2/p-2. The molecule has 6 nitrogen and oxygen atoms in total. The molecule has 0 aromatic heterocycles. The van der Waals surface area contributed by atoms with Crippen molar-refractivity contribution < 1.29 is 19.8 Å². The number of aliphatic carboxylic acids is 2. The van der Waals surface area contributed by atoms with E-state index in [1.165, 1.54) is 437 Å². The van der Waals surface area contributed by atoms with Gasteiger partial charge in [0.25, 0.3) is 0 Å². The summed E-state index contributed by atoms with van der Waals surface area (Å²) in [6.45, 7) is 16.9. The normalized spacial score (nSPS) is 12.2. The molecule has 2 atom stereocenters. The van der Waals surface area contributed by atoms with E-state index in [1.54, 1.807) is 0 Å². The summed E-state index contributed by atoms with van der Waals surface area (Å²) < 4.78 is 0. The first-order valence-electron chi connectivity index (χ1n) is 44.2. The smallest absolute Gasteiger partial charge is 0.548 e. The zero-order chi connectivity index (χ0) is 68.6. The Hall–Kier alpha value is 0.120. The maximum atomic E-state index is 11.8. The number of rotatable bonds is 82. The quantitative estimate of drug-likeness (QED) is 0.0445. The predicted octanol–water partition coefficient (Wildman–Crippen LogP) is 27.4. The van der Waals surface area contributed by atoms with Crippen LogP contribution in [0.2, 0.25) is 0 Å². The summed E-state index contributed by atoms with van der Waals surface area (Å²) in [6, 6.07) is -0.821. The van der Waals surface area contributed by atoms with Crippen molar-refractivity contribution in [2.75, 3.05) is 26.2 Å². The zero-order valence-electron chi connectivity index (χ0n) is 66.5. The van der Waals surface area contributed by atoms with Crippen molar-refractivity contribution in [2.24, 2.45) is 0 Å². The van der Waals surface area contributed by atoms with Gasteiger partial charge in [0.1, 0.15) is 0 Å². The third-order valence-corrected chi connectivity index (χ3v) is 21.4. The van der Waals surface area contributed by atoms with E-state index < -0.39 is 24.0 Å². The molecule has 0 N–H and O–H groups in total. The molecule has 0 saturated carbocycles. The van der Waals surface area contributed by atoms with Crippen LogP contribution in [0.15, 0.2) is 0 Å². The number of carboxylic acids is 2. The molecular formula is C88H176CaN2O4. The Morgan fingerprint density at radius 2 is 0.284 bits per heavy atom. The molecule has 0 fully saturated rings. The minimum atomic E-state index is -0.877. The average Bonchev–Trinajstić information content (AvgIpc) is 3.66. The fourth-order valence-electron chi connectivity index (χ4n) is 14.9. The Morgan fingerprint density at radius 1 is 0.189 bits per heavy atom. The second-order valence-corrected chi connectivity index (χ2v) is 30.6. The van der Waals surface area contributed by atoms with E-state index in [0.717, 1.165) is 51.9 Å². The molecule has 7 heteroatoms. The number of hydrogen-bond donors (Lipinski definition) is 0. The van der Waals surface area contributed by atoms with Gasteiger partial charge in [0.05, 0.1) is 11.9 Å². The summed E-state index contributed by atoms with van der Waals surface area (Å²) in [5.41, 5.74) is 0. The predicted molar refractivity (Wildman–Crippen MR) is 422 cm³/mol. The van der Waals surface area contributed by atoms with Crippen LogP contribution >= 0.6 is 0 Å². The van der Waals surface area contributed by atoms with Gasteiger partial charge in [-0.1, -0.05) is 478 Å². The third kappa shape index (κ3) is 79.7. The number of carboxylic acid groups (broad SMARTS) is 2. The van der Waals surface area contributed by atoms with Gasteiger partial charge in [-0.15, -0.1) is 0 Å². The summed E-state index contributed by atoms with van der Waals surface area (Å²) in [6.07, 6.45) is 101. The Kier molecular flexibility index (Phi) is 92.3. The van der Waals surface area contributed by atoms with Crippen molar-refractivity contribution in [3.63, 3.8) is 0 Å². The summed E-state index contributed by atoms with van der Waals surface area (Å²) >= 11 is 0. The third-order valence-electron chi connectivity index (χ3n) is 21.4. The summed E-state index contributed by atoms with van der Waals surface area (Å²) in [5.74, 6) is -1.75. The topological polar surface area (TPSA) is 86.7 Å². The van der Waals surface area contributed by atoms with Gasteiger partial charge in [0.2, 0.25) is 0 Å². The van der Waals surface area contributed by atoms with Crippen molar-refractivity contribution in [1.29, 1.82) is 0 Å². The zero-order valence-corrected chi connectivity index (χ0v) is 68.8. The van der Waals surface area contributed by atoms with Gasteiger partial charge < -0.3 is 19.8 Å². The molecule has 0 spiro atoms. The second-order valence-electron chi connectivity index (χ2n) is 30.6. The molecule has 0 aliphatic rings. The maximum absolute atomic E-state index is 11.8. The van der Waals surface area contributed by atoms with Crippen LogP contribution in [0.1, 0.15) is 517 Å². The number of hydrogen-bond acceptors (Lipinski definition) is 6. The van der Waals surface area contributed by atoms with Crippen LogP contribution in [0.4, 0.5) is 0 Å². The van der Waals surface area contributed by atoms with Crippen LogP contribution in [0.25, 0.3) is 0 Å². The molecule has 564 valence electrons. The number of carbonyl (C=O) groups is 2. The minimum absolute atomic E-state index is 0. The van der Waals surface area contributed by atoms with Gasteiger partial charge in [0, 0.05) is 12.1 Å². The van der Waals surface area contributed by atoms with E-state index in [0.29, 0.717) is 12.8 Å². The Balaban J connectivity index is -0.00000176. The van der Waals surface area contributed by atoms with Gasteiger partial charge >= 0.3 is 37.7 Å². The van der Waals surface area contributed by atoms with Gasteiger partial charge in [-0.2, -0.15) is 0 Å². The molecule has 0 saturated heterocycles. The molecular weight excluding hydrogens is 1190 g/mol. The second kappa shape index (κ2) is 88.3. The van der Waals surface area contributed by atoms with Crippen LogP contribution in [0.3, 0.4) is 0 Å². The first-order chi connectivity index (χ1) is 46.3. The molecule has 0 rings (SSSR count). The molecule has 0 bridgehead atoms. The van der Waals surface area contributed by atoms with Crippen molar-refractivity contribution in [1.82, 2.24) is 9.80 Å². The Labute approximate surface area is 629 Å². The monoisotopic (exact) mass is 1370 g/mol. The molecule has 0 aromatic carbocycles. The number of unbranched alkanes of at least 4 members (excludes halogenated alkanes) is 68. The van der Waals surface area contributed by atoms with Crippen LogP contribution in [-0.4, -0.2) is 97.7 Å². The van der Waals surface area contributed by atoms with Crippen LogP contribution in [-0.2, 0) is 9.59 Å². The maximum Gasteiger partial charge on any atom is 2.00 e. The minimum Gasteiger partial charge on any atom is -0.548 e. The van der Waals surface area contributed by atoms with E-state index in [-0.39, 0.29) is 37.7 Å². The molecule has 0 aliphatic heterocycles.